The van der Waals surface area contributed by atoms with E-state index < -0.39 is 0 Å². The zero-order chi connectivity index (χ0) is 45.5. The summed E-state index contributed by atoms with van der Waals surface area (Å²) in [5.74, 6) is 4.94. The molecule has 1 fully saturated rings. The normalized spacial score (nSPS) is 11.6. The molecule has 6 aromatic rings. The number of ether oxygens (including phenoxy) is 4. The van der Waals surface area contributed by atoms with Crippen molar-refractivity contribution in [2.45, 2.75) is 60.3 Å². The molecule has 4 aromatic carbocycles. The molecule has 0 radical (unpaired) electrons. The molecule has 2 amide bonds. The van der Waals surface area contributed by atoms with Gasteiger partial charge in [-0.3, -0.25) is 9.59 Å². The van der Waals surface area contributed by atoms with Crippen molar-refractivity contribution < 1.29 is 28.5 Å². The highest BCUT2D eigenvalue weighted by Gasteiger charge is 2.26. The Balaban J connectivity index is 0.000000236. The van der Waals surface area contributed by atoms with Gasteiger partial charge in [0.2, 0.25) is 11.8 Å². The summed E-state index contributed by atoms with van der Waals surface area (Å²) in [4.78, 5) is 34.6. The van der Waals surface area contributed by atoms with Gasteiger partial charge in [0, 0.05) is 39.0 Å². The van der Waals surface area contributed by atoms with E-state index in [0.29, 0.717) is 49.3 Å². The van der Waals surface area contributed by atoms with Crippen LogP contribution in [-0.4, -0.2) is 53.3 Å². The third kappa shape index (κ3) is 15.4. The van der Waals surface area contributed by atoms with E-state index in [4.69, 9.17) is 42.1 Å². The fourth-order valence-electron chi connectivity index (χ4n) is 6.32. The first-order chi connectivity index (χ1) is 30.3. The van der Waals surface area contributed by atoms with E-state index in [-0.39, 0.29) is 19.2 Å². The van der Waals surface area contributed by atoms with Gasteiger partial charge in [-0.2, -0.15) is 0 Å². The second kappa shape index (κ2) is 25.6. The van der Waals surface area contributed by atoms with Crippen molar-refractivity contribution in [1.29, 1.82) is 0 Å². The van der Waals surface area contributed by atoms with Gasteiger partial charge in [-0.05, 0) is 137 Å². The molecule has 0 N–H and O–H groups in total. The molecule has 15 heteroatoms. The number of aryl methyl sites for hydroxylation is 2. The lowest BCUT2D eigenvalue weighted by Gasteiger charge is -2.25. The molecule has 0 bridgehead atoms. The number of hydrogen-bond donors (Lipinski definition) is 0. The van der Waals surface area contributed by atoms with Gasteiger partial charge < -0.3 is 28.7 Å². The highest BCUT2D eigenvalue weighted by molar-refractivity contribution is 14.1. The summed E-state index contributed by atoms with van der Waals surface area (Å²) in [6.07, 6.45) is 0.781. The highest BCUT2D eigenvalue weighted by Crippen LogP contribution is 2.28. The molecule has 1 saturated heterocycles. The molecule has 3 heterocycles. The second-order valence-corrected chi connectivity index (χ2v) is 17.2. The molecule has 64 heavy (non-hydrogen) atoms. The van der Waals surface area contributed by atoms with E-state index >= 15 is 0 Å². The minimum Gasteiger partial charge on any atom is -0.497 e. The zero-order valence-corrected chi connectivity index (χ0v) is 41.7. The van der Waals surface area contributed by atoms with Crippen LogP contribution in [0.5, 0.6) is 23.0 Å². The Morgan fingerprint density at radius 3 is 1.16 bits per heavy atom. The molecule has 0 saturated carbocycles. The van der Waals surface area contributed by atoms with Gasteiger partial charge in [-0.1, -0.05) is 79.2 Å². The zero-order valence-electron chi connectivity index (χ0n) is 35.9. The molecule has 11 nitrogen and oxygen atoms in total. The highest BCUT2D eigenvalue weighted by atomic mass is 127. The van der Waals surface area contributed by atoms with Gasteiger partial charge in [0.25, 0.3) is 0 Å². The van der Waals surface area contributed by atoms with Gasteiger partial charge in [0.1, 0.15) is 44.9 Å². The molecular formula is C49H53Cl2I2N5O6. The SMILES string of the molecule is C.COc1ccc(CN(Cc2ccc(OC)cc2)c2cc(C)c(I)c(Cl)n2)cc1.COc1ccc(CN(Cc2ccc(OC)cc2)c2cc(C)cc(Cl)n2)cc1.O=C1CCC(=O)N1I. The summed E-state index contributed by atoms with van der Waals surface area (Å²) in [6.45, 7) is 6.91. The number of hydrogen-bond acceptors (Lipinski definition) is 10. The molecule has 0 spiro atoms. The average molecular weight is 1130 g/mol. The number of amides is 2. The van der Waals surface area contributed by atoms with Crippen molar-refractivity contribution in [2.24, 2.45) is 0 Å². The molecule has 2 aromatic heterocycles. The molecule has 0 unspecified atom stereocenters. The van der Waals surface area contributed by atoms with Crippen molar-refractivity contribution in [3.8, 4) is 23.0 Å². The molecular weight excluding hydrogens is 1080 g/mol. The summed E-state index contributed by atoms with van der Waals surface area (Å²) < 4.78 is 23.2. The van der Waals surface area contributed by atoms with Gasteiger partial charge >= 0.3 is 0 Å². The maximum atomic E-state index is 10.5. The summed E-state index contributed by atoms with van der Waals surface area (Å²) in [5, 5.41) is 1.03. The van der Waals surface area contributed by atoms with E-state index in [9.17, 15) is 9.59 Å². The largest absolute Gasteiger partial charge is 0.497 e. The predicted molar refractivity (Wildman–Crippen MR) is 274 cm³/mol. The number of imide groups is 1. The van der Waals surface area contributed by atoms with Crippen molar-refractivity contribution in [1.82, 2.24) is 13.1 Å². The molecule has 1 aliphatic heterocycles. The molecule has 338 valence electrons. The lowest BCUT2D eigenvalue weighted by Crippen LogP contribution is -2.23. The summed E-state index contributed by atoms with van der Waals surface area (Å²) in [5.41, 5.74) is 6.88. The maximum Gasteiger partial charge on any atom is 0.238 e. The minimum atomic E-state index is -0.0735. The number of nitrogens with zero attached hydrogens (tertiary/aromatic N) is 5. The average Bonchev–Trinajstić information content (AvgIpc) is 3.59. The van der Waals surface area contributed by atoms with Crippen LogP contribution < -0.4 is 28.7 Å². The number of rotatable bonds is 14. The van der Waals surface area contributed by atoms with Crippen molar-refractivity contribution in [3.63, 3.8) is 0 Å². The van der Waals surface area contributed by atoms with E-state index in [0.717, 1.165) is 52.4 Å². The Morgan fingerprint density at radius 1 is 0.562 bits per heavy atom. The first-order valence-electron chi connectivity index (χ1n) is 19.8. The fraction of sp³-hybridized carbons (Fsp3) is 0.265. The first kappa shape index (κ1) is 51.8. The van der Waals surface area contributed by atoms with Crippen LogP contribution in [0.3, 0.4) is 0 Å². The van der Waals surface area contributed by atoms with Crippen LogP contribution in [0.25, 0.3) is 0 Å². The summed E-state index contributed by atoms with van der Waals surface area (Å²) >= 11 is 16.5. The Bertz CT molecular complexity index is 2270. The van der Waals surface area contributed by atoms with E-state index in [1.54, 1.807) is 51.3 Å². The lowest BCUT2D eigenvalue weighted by molar-refractivity contribution is -0.130. The van der Waals surface area contributed by atoms with Crippen molar-refractivity contribution >= 4 is 92.1 Å². The molecule has 0 atom stereocenters. The minimum absolute atomic E-state index is 0. The van der Waals surface area contributed by atoms with Crippen molar-refractivity contribution in [2.75, 3.05) is 38.2 Å². The molecule has 7 rings (SSSR count). The Labute approximate surface area is 414 Å². The summed E-state index contributed by atoms with van der Waals surface area (Å²) in [7, 11) is 6.68. The van der Waals surface area contributed by atoms with E-state index in [2.05, 4.69) is 110 Å². The van der Waals surface area contributed by atoms with Crippen LogP contribution in [0, 0.1) is 17.4 Å². The Kier molecular flexibility index (Phi) is 20.7. The lowest BCUT2D eigenvalue weighted by atomic mass is 10.1. The topological polar surface area (TPSA) is 107 Å². The van der Waals surface area contributed by atoms with Crippen molar-refractivity contribution in [3.05, 3.63) is 163 Å². The van der Waals surface area contributed by atoms with Crippen LogP contribution in [0.4, 0.5) is 11.6 Å². The van der Waals surface area contributed by atoms with Gasteiger partial charge in [0.15, 0.2) is 0 Å². The van der Waals surface area contributed by atoms with E-state index in [1.807, 2.05) is 61.5 Å². The van der Waals surface area contributed by atoms with Crippen LogP contribution in [0.1, 0.15) is 53.6 Å². The molecule has 1 aliphatic rings. The number of methoxy groups -OCH3 is 4. The fourth-order valence-corrected chi connectivity index (χ4v) is 7.58. The third-order valence-corrected chi connectivity index (χ3v) is 13.0. The van der Waals surface area contributed by atoms with E-state index in [1.165, 1.54) is 22.3 Å². The monoisotopic (exact) mass is 1130 g/mol. The Morgan fingerprint density at radius 2 is 0.891 bits per heavy atom. The quantitative estimate of drug-likeness (QED) is 0.0453. The maximum absolute atomic E-state index is 10.5. The first-order valence-corrected chi connectivity index (χ1v) is 22.6. The number of aromatic nitrogens is 2. The Hall–Kier alpha value is -4.84. The van der Waals surface area contributed by atoms with Gasteiger partial charge in [-0.15, -0.1) is 0 Å². The van der Waals surface area contributed by atoms with Gasteiger partial charge in [0.05, 0.1) is 54.9 Å². The number of carbonyl (C=O) groups excluding carboxylic acids is 2. The van der Waals surface area contributed by atoms with Crippen LogP contribution in [0.15, 0.2) is 115 Å². The number of carbonyl (C=O) groups is 2. The number of halogens is 4. The van der Waals surface area contributed by atoms with Crippen LogP contribution in [0.2, 0.25) is 10.3 Å². The van der Waals surface area contributed by atoms with Crippen LogP contribution >= 0.6 is 68.7 Å². The number of benzene rings is 4. The smallest absolute Gasteiger partial charge is 0.238 e. The summed E-state index contributed by atoms with van der Waals surface area (Å²) in [6, 6.07) is 38.3. The standard InChI is InChI=1S/C22H22ClIN2O2.C22H23ClN2O2.C4H4INO2.CH4/c1-15-12-20(25-22(23)21(15)24)26(13-16-4-8-18(27-2)9-5-16)14-17-6-10-19(28-3)11-7-17;1-16-12-21(23)24-22(13-16)25(14-17-4-8-19(26-2)9-5-17)15-18-6-10-20(27-3)11-7-18;5-6-3(7)1-2-4(6)8;/h4-12H,13-14H2,1-3H3;4-13H,14-15H2,1-3H3;1-2H2;1H4. The number of anilines is 2. The second-order valence-electron chi connectivity index (χ2n) is 14.4. The predicted octanol–water partition coefficient (Wildman–Crippen LogP) is 12.3. The molecule has 0 aliphatic carbocycles. The number of pyridine rings is 2. The third-order valence-electron chi connectivity index (χ3n) is 9.78. The van der Waals surface area contributed by atoms with Gasteiger partial charge in [-0.25, -0.2) is 13.1 Å². The van der Waals surface area contributed by atoms with Crippen LogP contribution in [-0.2, 0) is 35.8 Å².